The Morgan fingerprint density at radius 3 is 2.44 bits per heavy atom. The summed E-state index contributed by atoms with van der Waals surface area (Å²) in [5.74, 6) is -0.0936. The van der Waals surface area contributed by atoms with E-state index in [1.165, 1.54) is 32.1 Å². The molecule has 1 N–H and O–H groups in total. The lowest BCUT2D eigenvalue weighted by Gasteiger charge is -2.29. The Bertz CT molecular complexity index is 371. The molecule has 0 bridgehead atoms. The Morgan fingerprint density at radius 2 is 1.78 bits per heavy atom. The van der Waals surface area contributed by atoms with Gasteiger partial charge in [-0.2, -0.15) is 0 Å². The fourth-order valence-electron chi connectivity index (χ4n) is 2.68. The van der Waals surface area contributed by atoms with Gasteiger partial charge in [-0.25, -0.2) is 4.39 Å². The summed E-state index contributed by atoms with van der Waals surface area (Å²) in [7, 11) is 1.86. The third-order valence-electron chi connectivity index (χ3n) is 3.64. The molecule has 2 nitrogen and oxygen atoms in total. The van der Waals surface area contributed by atoms with Gasteiger partial charge >= 0.3 is 0 Å². The Labute approximate surface area is 109 Å². The van der Waals surface area contributed by atoms with Crippen molar-refractivity contribution in [1.29, 1.82) is 0 Å². The van der Waals surface area contributed by atoms with Gasteiger partial charge in [0.25, 0.3) is 0 Å². The first-order valence-electron chi connectivity index (χ1n) is 7.00. The van der Waals surface area contributed by atoms with Crippen molar-refractivity contribution in [2.24, 2.45) is 0 Å². The molecule has 0 spiro atoms. The fraction of sp³-hybridized carbons (Fsp3) is 0.600. The van der Waals surface area contributed by atoms with Crippen LogP contribution in [0.1, 0.15) is 37.7 Å². The van der Waals surface area contributed by atoms with Crippen LogP contribution in [0.15, 0.2) is 18.2 Å². The molecule has 1 aromatic carbocycles. The lowest BCUT2D eigenvalue weighted by molar-refractivity contribution is 0.550. The maximum Gasteiger partial charge on any atom is 0.129 e. The summed E-state index contributed by atoms with van der Waals surface area (Å²) < 4.78 is 13.9. The van der Waals surface area contributed by atoms with Gasteiger partial charge in [0.05, 0.1) is 0 Å². The summed E-state index contributed by atoms with van der Waals surface area (Å²) in [6, 6.07) is 5.43. The third-order valence-corrected chi connectivity index (χ3v) is 3.64. The van der Waals surface area contributed by atoms with Gasteiger partial charge in [0, 0.05) is 30.9 Å². The predicted octanol–water partition coefficient (Wildman–Crippen LogP) is 3.32. The lowest BCUT2D eigenvalue weighted by atomic mass is 10.1. The molecular weight excluding hydrogens is 227 g/mol. The van der Waals surface area contributed by atoms with Gasteiger partial charge in [0.15, 0.2) is 0 Å². The van der Waals surface area contributed by atoms with Crippen LogP contribution in [0.25, 0.3) is 0 Å². The average molecular weight is 250 g/mol. The first-order valence-corrected chi connectivity index (χ1v) is 7.00. The van der Waals surface area contributed by atoms with E-state index in [4.69, 9.17) is 0 Å². The number of anilines is 1. The van der Waals surface area contributed by atoms with Crippen molar-refractivity contribution in [2.45, 2.75) is 38.6 Å². The molecule has 0 aromatic heterocycles. The highest BCUT2D eigenvalue weighted by Crippen LogP contribution is 2.25. The molecule has 1 heterocycles. The molecule has 1 aliphatic rings. The SMILES string of the molecule is CNCc1c(F)cccc1N1CCCCCCC1. The molecule has 1 fully saturated rings. The molecule has 0 atom stereocenters. The zero-order valence-corrected chi connectivity index (χ0v) is 11.2. The first-order chi connectivity index (χ1) is 8.83. The number of hydrogen-bond donors (Lipinski definition) is 1. The number of benzene rings is 1. The summed E-state index contributed by atoms with van der Waals surface area (Å²) in [6.45, 7) is 2.71. The standard InChI is InChI=1S/C15H23FN2/c1-17-12-13-14(16)8-7-9-15(13)18-10-5-3-2-4-6-11-18/h7-9,17H,2-6,10-12H2,1H3. The number of nitrogens with one attached hydrogen (secondary N) is 1. The van der Waals surface area contributed by atoms with Crippen molar-refractivity contribution in [3.05, 3.63) is 29.6 Å². The summed E-state index contributed by atoms with van der Waals surface area (Å²) in [5, 5.41) is 3.07. The molecule has 1 aliphatic heterocycles. The van der Waals surface area contributed by atoms with Crippen molar-refractivity contribution in [1.82, 2.24) is 5.32 Å². The largest absolute Gasteiger partial charge is 0.371 e. The van der Waals surface area contributed by atoms with E-state index in [9.17, 15) is 4.39 Å². The minimum atomic E-state index is -0.0936. The second kappa shape index (κ2) is 6.74. The topological polar surface area (TPSA) is 15.3 Å². The van der Waals surface area contributed by atoms with Gasteiger partial charge in [-0.15, -0.1) is 0 Å². The van der Waals surface area contributed by atoms with Crippen molar-refractivity contribution >= 4 is 5.69 Å². The van der Waals surface area contributed by atoms with Crippen LogP contribution in [0.4, 0.5) is 10.1 Å². The molecule has 3 heteroatoms. The van der Waals surface area contributed by atoms with Gasteiger partial charge in [-0.05, 0) is 32.0 Å². The highest BCUT2D eigenvalue weighted by molar-refractivity contribution is 5.54. The zero-order chi connectivity index (χ0) is 12.8. The summed E-state index contributed by atoms with van der Waals surface area (Å²) in [4.78, 5) is 2.36. The van der Waals surface area contributed by atoms with E-state index in [2.05, 4.69) is 16.3 Å². The number of halogens is 1. The normalized spacial score (nSPS) is 17.3. The molecule has 0 radical (unpaired) electrons. The van der Waals surface area contributed by atoms with Crippen LogP contribution < -0.4 is 10.2 Å². The van der Waals surface area contributed by atoms with Crippen LogP contribution >= 0.6 is 0 Å². The molecule has 1 aromatic rings. The van der Waals surface area contributed by atoms with Crippen LogP contribution in [0.3, 0.4) is 0 Å². The Hall–Kier alpha value is -1.09. The van der Waals surface area contributed by atoms with Gasteiger partial charge in [0.2, 0.25) is 0 Å². The Morgan fingerprint density at radius 1 is 1.11 bits per heavy atom. The molecule has 0 unspecified atom stereocenters. The molecule has 0 saturated carbocycles. The Balaban J connectivity index is 2.21. The second-order valence-electron chi connectivity index (χ2n) is 5.02. The van der Waals surface area contributed by atoms with Crippen molar-refractivity contribution in [3.8, 4) is 0 Å². The Kier molecular flexibility index (Phi) is 5.00. The van der Waals surface area contributed by atoms with Gasteiger partial charge < -0.3 is 10.2 Å². The van der Waals surface area contributed by atoms with E-state index in [1.807, 2.05) is 13.1 Å². The number of hydrogen-bond acceptors (Lipinski definition) is 2. The van der Waals surface area contributed by atoms with Crippen molar-refractivity contribution in [3.63, 3.8) is 0 Å². The molecule has 1 saturated heterocycles. The zero-order valence-electron chi connectivity index (χ0n) is 11.2. The minimum absolute atomic E-state index is 0.0936. The van der Waals surface area contributed by atoms with Gasteiger partial charge in [0.1, 0.15) is 5.82 Å². The predicted molar refractivity (Wildman–Crippen MR) is 74.5 cm³/mol. The second-order valence-corrected chi connectivity index (χ2v) is 5.02. The van der Waals surface area contributed by atoms with Crippen LogP contribution in [0.2, 0.25) is 0 Å². The molecule has 2 rings (SSSR count). The smallest absolute Gasteiger partial charge is 0.129 e. The number of rotatable bonds is 3. The van der Waals surface area contributed by atoms with Gasteiger partial charge in [-0.3, -0.25) is 0 Å². The van der Waals surface area contributed by atoms with Crippen molar-refractivity contribution in [2.75, 3.05) is 25.0 Å². The quantitative estimate of drug-likeness (QED) is 0.885. The van der Waals surface area contributed by atoms with E-state index in [0.29, 0.717) is 6.54 Å². The monoisotopic (exact) mass is 250 g/mol. The minimum Gasteiger partial charge on any atom is -0.371 e. The van der Waals surface area contributed by atoms with Crippen LogP contribution in [0, 0.1) is 5.82 Å². The molecule has 100 valence electrons. The first kappa shape index (κ1) is 13.3. The molecule has 18 heavy (non-hydrogen) atoms. The van der Waals surface area contributed by atoms with Crippen LogP contribution in [-0.4, -0.2) is 20.1 Å². The molecule has 0 aliphatic carbocycles. The van der Waals surface area contributed by atoms with E-state index < -0.39 is 0 Å². The maximum atomic E-state index is 13.9. The maximum absolute atomic E-state index is 13.9. The third kappa shape index (κ3) is 3.22. The van der Waals surface area contributed by atoms with E-state index in [-0.39, 0.29) is 5.82 Å². The van der Waals surface area contributed by atoms with Crippen LogP contribution in [0.5, 0.6) is 0 Å². The van der Waals surface area contributed by atoms with Gasteiger partial charge in [-0.1, -0.05) is 25.3 Å². The average Bonchev–Trinajstić information content (AvgIpc) is 2.32. The van der Waals surface area contributed by atoms with Crippen molar-refractivity contribution < 1.29 is 4.39 Å². The molecular formula is C15H23FN2. The van der Waals surface area contributed by atoms with E-state index in [1.54, 1.807) is 6.07 Å². The molecule has 0 amide bonds. The lowest BCUT2D eigenvalue weighted by Crippen LogP contribution is -2.29. The summed E-state index contributed by atoms with van der Waals surface area (Å²) in [6.07, 6.45) is 6.38. The van der Waals surface area contributed by atoms with E-state index >= 15 is 0 Å². The highest BCUT2D eigenvalue weighted by atomic mass is 19.1. The van der Waals surface area contributed by atoms with E-state index in [0.717, 1.165) is 24.3 Å². The summed E-state index contributed by atoms with van der Waals surface area (Å²) >= 11 is 0. The fourth-order valence-corrected chi connectivity index (χ4v) is 2.68. The highest BCUT2D eigenvalue weighted by Gasteiger charge is 2.15. The number of nitrogens with zero attached hydrogens (tertiary/aromatic N) is 1. The van der Waals surface area contributed by atoms with Crippen LogP contribution in [-0.2, 0) is 6.54 Å². The summed E-state index contributed by atoms with van der Waals surface area (Å²) in [5.41, 5.74) is 1.88.